The lowest BCUT2D eigenvalue weighted by Crippen LogP contribution is -2.32. The predicted octanol–water partition coefficient (Wildman–Crippen LogP) is 3.67. The Balaban J connectivity index is 1.66. The molecule has 0 amide bonds. The zero-order valence-electron chi connectivity index (χ0n) is 14.6. The Labute approximate surface area is 148 Å². The largest absolute Gasteiger partial charge is 0.353 e. The van der Waals surface area contributed by atoms with E-state index in [-0.39, 0.29) is 6.04 Å². The minimum absolute atomic E-state index is 0.0240. The quantitative estimate of drug-likeness (QED) is 0.833. The lowest BCUT2D eigenvalue weighted by Gasteiger charge is -2.18. The molecule has 0 saturated heterocycles. The van der Waals surface area contributed by atoms with Gasteiger partial charge in [0.05, 0.1) is 6.04 Å². The van der Waals surface area contributed by atoms with Crippen molar-refractivity contribution in [3.63, 3.8) is 0 Å². The van der Waals surface area contributed by atoms with Crippen LogP contribution in [0, 0.1) is 13.8 Å². The standard InChI is InChI=1S/C18H25N5S/c1-12-8-9-15(11-13(12)2)20-18(24)19-14(3)17-22-21-16-7-5-4-6-10-23(16)17/h8-9,11,14H,4-7,10H2,1-3H3,(H2,19,20,24). The summed E-state index contributed by atoms with van der Waals surface area (Å²) in [6.07, 6.45) is 4.67. The number of anilines is 1. The van der Waals surface area contributed by atoms with Crippen LogP contribution in [-0.4, -0.2) is 19.9 Å². The van der Waals surface area contributed by atoms with Crippen LogP contribution in [-0.2, 0) is 13.0 Å². The number of nitrogens with one attached hydrogen (secondary N) is 2. The van der Waals surface area contributed by atoms with Gasteiger partial charge in [-0.2, -0.15) is 0 Å². The average molecular weight is 344 g/mol. The van der Waals surface area contributed by atoms with E-state index < -0.39 is 0 Å². The summed E-state index contributed by atoms with van der Waals surface area (Å²) in [6.45, 7) is 7.29. The normalized spacial score (nSPS) is 15.3. The molecule has 0 fully saturated rings. The summed E-state index contributed by atoms with van der Waals surface area (Å²) in [5.41, 5.74) is 3.53. The number of rotatable bonds is 3. The van der Waals surface area contributed by atoms with Gasteiger partial charge < -0.3 is 15.2 Å². The van der Waals surface area contributed by atoms with Crippen LogP contribution >= 0.6 is 12.2 Å². The second-order valence-electron chi connectivity index (χ2n) is 6.56. The van der Waals surface area contributed by atoms with Crippen molar-refractivity contribution in [2.24, 2.45) is 0 Å². The molecule has 2 heterocycles. The Bertz CT molecular complexity index is 737. The fourth-order valence-electron chi connectivity index (χ4n) is 3.08. The predicted molar refractivity (Wildman–Crippen MR) is 101 cm³/mol. The van der Waals surface area contributed by atoms with Gasteiger partial charge >= 0.3 is 0 Å². The molecule has 0 bridgehead atoms. The van der Waals surface area contributed by atoms with Crippen molar-refractivity contribution in [3.05, 3.63) is 41.0 Å². The summed E-state index contributed by atoms with van der Waals surface area (Å²) in [5.74, 6) is 2.07. The van der Waals surface area contributed by atoms with Crippen LogP contribution in [0.2, 0.25) is 0 Å². The number of aryl methyl sites for hydroxylation is 3. The summed E-state index contributed by atoms with van der Waals surface area (Å²) >= 11 is 5.46. The number of hydrogen-bond donors (Lipinski definition) is 2. The molecule has 1 aromatic heterocycles. The first-order valence-corrected chi connectivity index (χ1v) is 9.02. The van der Waals surface area contributed by atoms with E-state index >= 15 is 0 Å². The van der Waals surface area contributed by atoms with E-state index in [1.165, 1.54) is 30.4 Å². The van der Waals surface area contributed by atoms with Gasteiger partial charge in [0.25, 0.3) is 0 Å². The molecule has 2 aromatic rings. The second kappa shape index (κ2) is 7.30. The van der Waals surface area contributed by atoms with Crippen molar-refractivity contribution >= 4 is 23.0 Å². The van der Waals surface area contributed by atoms with E-state index in [2.05, 4.69) is 58.3 Å². The topological polar surface area (TPSA) is 54.8 Å². The first-order valence-electron chi connectivity index (χ1n) is 8.61. The number of thiocarbonyl (C=S) groups is 1. The van der Waals surface area contributed by atoms with Crippen LogP contribution in [0.25, 0.3) is 0 Å². The first kappa shape index (κ1) is 16.9. The van der Waals surface area contributed by atoms with Gasteiger partial charge in [0.2, 0.25) is 0 Å². The maximum atomic E-state index is 5.46. The average Bonchev–Trinajstić information content (AvgIpc) is 2.80. The summed E-state index contributed by atoms with van der Waals surface area (Å²) in [4.78, 5) is 0. The highest BCUT2D eigenvalue weighted by Crippen LogP contribution is 2.19. The van der Waals surface area contributed by atoms with Crippen molar-refractivity contribution in [3.8, 4) is 0 Å². The van der Waals surface area contributed by atoms with Gasteiger partial charge in [-0.05, 0) is 69.1 Å². The van der Waals surface area contributed by atoms with Crippen LogP contribution in [0.3, 0.4) is 0 Å². The highest BCUT2D eigenvalue weighted by Gasteiger charge is 2.19. The van der Waals surface area contributed by atoms with E-state index in [4.69, 9.17) is 12.2 Å². The second-order valence-corrected chi connectivity index (χ2v) is 6.96. The number of benzene rings is 1. The van der Waals surface area contributed by atoms with Crippen molar-refractivity contribution in [1.29, 1.82) is 0 Å². The molecule has 1 atom stereocenters. The smallest absolute Gasteiger partial charge is 0.171 e. The molecule has 3 rings (SSSR count). The van der Waals surface area contributed by atoms with Crippen molar-refractivity contribution in [1.82, 2.24) is 20.1 Å². The zero-order valence-corrected chi connectivity index (χ0v) is 15.4. The molecule has 6 heteroatoms. The molecular weight excluding hydrogens is 318 g/mol. The SMILES string of the molecule is Cc1ccc(NC(=S)NC(C)c2nnc3n2CCCCC3)cc1C. The minimum atomic E-state index is 0.0240. The molecule has 1 unspecified atom stereocenters. The van der Waals surface area contributed by atoms with E-state index in [1.807, 2.05) is 6.07 Å². The van der Waals surface area contributed by atoms with E-state index in [9.17, 15) is 0 Å². The fourth-order valence-corrected chi connectivity index (χ4v) is 3.37. The van der Waals surface area contributed by atoms with Gasteiger partial charge in [0.15, 0.2) is 10.9 Å². The molecule has 1 aliphatic rings. The Morgan fingerprint density at radius 1 is 1.17 bits per heavy atom. The van der Waals surface area contributed by atoms with Gasteiger partial charge in [0.1, 0.15) is 5.82 Å². The zero-order chi connectivity index (χ0) is 17.1. The number of aromatic nitrogens is 3. The lowest BCUT2D eigenvalue weighted by molar-refractivity contribution is 0.559. The lowest BCUT2D eigenvalue weighted by atomic mass is 10.1. The molecular formula is C18H25N5S. The third kappa shape index (κ3) is 3.75. The van der Waals surface area contributed by atoms with Crippen LogP contribution in [0.5, 0.6) is 0 Å². The Hall–Kier alpha value is -1.95. The summed E-state index contributed by atoms with van der Waals surface area (Å²) < 4.78 is 2.25. The minimum Gasteiger partial charge on any atom is -0.353 e. The molecule has 0 saturated carbocycles. The number of fused-ring (bicyclic) bond motifs is 1. The third-order valence-electron chi connectivity index (χ3n) is 4.64. The van der Waals surface area contributed by atoms with Crippen molar-refractivity contribution in [2.75, 3.05) is 5.32 Å². The van der Waals surface area contributed by atoms with Crippen LogP contribution in [0.15, 0.2) is 18.2 Å². The van der Waals surface area contributed by atoms with E-state index in [1.54, 1.807) is 0 Å². The fraction of sp³-hybridized carbons (Fsp3) is 0.500. The van der Waals surface area contributed by atoms with Crippen molar-refractivity contribution < 1.29 is 0 Å². The molecule has 2 N–H and O–H groups in total. The van der Waals surface area contributed by atoms with Gasteiger partial charge in [-0.15, -0.1) is 10.2 Å². The Morgan fingerprint density at radius 3 is 2.79 bits per heavy atom. The molecule has 0 aliphatic carbocycles. The number of nitrogens with zero attached hydrogens (tertiary/aromatic N) is 3. The van der Waals surface area contributed by atoms with E-state index in [0.29, 0.717) is 5.11 Å². The molecule has 24 heavy (non-hydrogen) atoms. The van der Waals surface area contributed by atoms with Crippen LogP contribution in [0.4, 0.5) is 5.69 Å². The van der Waals surface area contributed by atoms with Crippen molar-refractivity contribution in [2.45, 2.75) is 59.0 Å². The summed E-state index contributed by atoms with van der Waals surface area (Å²) in [6, 6.07) is 6.28. The summed E-state index contributed by atoms with van der Waals surface area (Å²) in [7, 11) is 0. The maximum Gasteiger partial charge on any atom is 0.171 e. The molecule has 5 nitrogen and oxygen atoms in total. The van der Waals surface area contributed by atoms with E-state index in [0.717, 1.165) is 30.3 Å². The number of hydrogen-bond acceptors (Lipinski definition) is 3. The highest BCUT2D eigenvalue weighted by atomic mass is 32.1. The monoisotopic (exact) mass is 343 g/mol. The molecule has 0 radical (unpaired) electrons. The van der Waals surface area contributed by atoms with Gasteiger partial charge in [0, 0.05) is 18.7 Å². The maximum absolute atomic E-state index is 5.46. The summed E-state index contributed by atoms with van der Waals surface area (Å²) in [5, 5.41) is 15.9. The third-order valence-corrected chi connectivity index (χ3v) is 4.86. The molecule has 1 aromatic carbocycles. The van der Waals surface area contributed by atoms with Gasteiger partial charge in [-0.3, -0.25) is 0 Å². The Kier molecular flexibility index (Phi) is 5.14. The Morgan fingerprint density at radius 2 is 2.00 bits per heavy atom. The first-order chi connectivity index (χ1) is 11.5. The molecule has 1 aliphatic heterocycles. The molecule has 128 valence electrons. The van der Waals surface area contributed by atoms with Crippen LogP contribution in [0.1, 0.15) is 55.0 Å². The van der Waals surface area contributed by atoms with Gasteiger partial charge in [-0.25, -0.2) is 0 Å². The molecule has 0 spiro atoms. The highest BCUT2D eigenvalue weighted by molar-refractivity contribution is 7.80. The van der Waals surface area contributed by atoms with Crippen LogP contribution < -0.4 is 10.6 Å². The van der Waals surface area contributed by atoms with Gasteiger partial charge in [-0.1, -0.05) is 12.5 Å².